The molecule has 0 amide bonds. The standard InChI is InChI=1S/C78H46N6S/c1-3-17-51(18-4-1)81-67-27-11-7-21-53(67)57-37-33-47-42-63-55-23-9-13-29-69(55)84(73(63)45-61(47)76(57)81)75-32-16-26-66(80-75)50-35-39-65(79-46-50)49-36-40-70-64(43-49)58-38-34-48-41-62-54-22-8-12-28-68(54)83(71-30-15-25-59-56-24-10-14-31-74(56)85-78(59)71)72(62)44-60(48)77(58)82(70)52-19-5-2-6-20-52/h1-46H. The van der Waals surface area contributed by atoms with Crippen molar-refractivity contribution in [2.75, 3.05) is 0 Å². The Kier molecular flexibility index (Phi) is 9.68. The Hall–Kier alpha value is -11.1. The molecule has 0 atom stereocenters. The molecule has 6 nitrogen and oxygen atoms in total. The molecule has 0 saturated carbocycles. The monoisotopic (exact) mass is 1100 g/mol. The average Bonchev–Trinajstić information content (AvgIpc) is 1.91. The fourth-order valence-corrected chi connectivity index (χ4v) is 15.4. The number of benzene rings is 12. The summed E-state index contributed by atoms with van der Waals surface area (Å²) < 4.78 is 12.3. The van der Waals surface area contributed by atoms with Gasteiger partial charge in [0.05, 0.1) is 65.9 Å². The first-order chi connectivity index (χ1) is 42.2. The molecule has 85 heavy (non-hydrogen) atoms. The van der Waals surface area contributed by atoms with Gasteiger partial charge in [0.1, 0.15) is 5.82 Å². The SMILES string of the molecule is c1ccc(-n2c3ccccc3c3ccc4cc5c6ccccc6n(-c6cccc(-c7ccc(-c8ccc9c(c8)c8ccc%10cc%11c%12ccccc%12n(-c%12cccc%13c%12sc%12ccccc%12%13)c%11cc%10c8n9-c8ccccc8)nc7)n6)c5cc4c32)cc1. The van der Waals surface area contributed by atoms with Crippen molar-refractivity contribution in [3.63, 3.8) is 0 Å². The van der Waals surface area contributed by atoms with Crippen molar-refractivity contribution in [2.24, 2.45) is 0 Å². The summed E-state index contributed by atoms with van der Waals surface area (Å²) in [4.78, 5) is 10.7. The molecule has 0 aliphatic rings. The number of para-hydroxylation sites is 5. The van der Waals surface area contributed by atoms with Gasteiger partial charge in [-0.3, -0.25) is 9.55 Å². The summed E-state index contributed by atoms with van der Waals surface area (Å²) in [5.74, 6) is 0.853. The predicted octanol–water partition coefficient (Wildman–Crippen LogP) is 20.9. The summed E-state index contributed by atoms with van der Waals surface area (Å²) in [6.07, 6.45) is 1.98. The minimum atomic E-state index is 0.853. The van der Waals surface area contributed by atoms with Gasteiger partial charge >= 0.3 is 0 Å². The molecule has 0 unspecified atom stereocenters. The second kappa shape index (κ2) is 17.7. The van der Waals surface area contributed by atoms with E-state index in [0.29, 0.717) is 0 Å². The first kappa shape index (κ1) is 46.5. The normalized spacial score (nSPS) is 12.2. The van der Waals surface area contributed by atoms with Crippen molar-refractivity contribution in [1.82, 2.24) is 28.2 Å². The van der Waals surface area contributed by atoms with Gasteiger partial charge in [-0.05, 0) is 126 Å². The fraction of sp³-hybridized carbons (Fsp3) is 0. The third-order valence-electron chi connectivity index (χ3n) is 17.9. The molecular weight excluding hydrogens is 1050 g/mol. The number of fused-ring (bicyclic) bond motifs is 19. The predicted molar refractivity (Wildman–Crippen MR) is 358 cm³/mol. The number of pyridine rings is 2. The first-order valence-electron chi connectivity index (χ1n) is 29.0. The summed E-state index contributed by atoms with van der Waals surface area (Å²) in [6.45, 7) is 0. The van der Waals surface area contributed by atoms with E-state index in [-0.39, 0.29) is 0 Å². The number of thiophene rings is 1. The van der Waals surface area contributed by atoms with Gasteiger partial charge in [0, 0.05) is 98.0 Å². The van der Waals surface area contributed by atoms with Crippen LogP contribution in [0.2, 0.25) is 0 Å². The second-order valence-corrected chi connectivity index (χ2v) is 23.5. The third kappa shape index (κ3) is 6.69. The molecule has 0 fully saturated rings. The Morgan fingerprint density at radius 3 is 1.46 bits per heavy atom. The van der Waals surface area contributed by atoms with Crippen molar-refractivity contribution >= 4 is 140 Å². The molecule has 0 radical (unpaired) electrons. The Morgan fingerprint density at radius 1 is 0.282 bits per heavy atom. The summed E-state index contributed by atoms with van der Waals surface area (Å²) in [7, 11) is 0. The van der Waals surface area contributed by atoms with Gasteiger partial charge in [-0.1, -0.05) is 158 Å². The Morgan fingerprint density at radius 2 is 0.800 bits per heavy atom. The maximum absolute atomic E-state index is 5.45. The highest BCUT2D eigenvalue weighted by molar-refractivity contribution is 7.26. The van der Waals surface area contributed by atoms with Crippen molar-refractivity contribution in [2.45, 2.75) is 0 Å². The lowest BCUT2D eigenvalue weighted by Gasteiger charge is -2.12. The minimum Gasteiger partial charge on any atom is -0.309 e. The third-order valence-corrected chi connectivity index (χ3v) is 19.2. The Bertz CT molecular complexity index is 6020. The van der Waals surface area contributed by atoms with Crippen LogP contribution < -0.4 is 0 Å². The van der Waals surface area contributed by atoms with Gasteiger partial charge in [0.25, 0.3) is 0 Å². The highest BCUT2D eigenvalue weighted by atomic mass is 32.1. The molecule has 394 valence electrons. The smallest absolute Gasteiger partial charge is 0.138 e. The maximum Gasteiger partial charge on any atom is 0.138 e. The van der Waals surface area contributed by atoms with Crippen LogP contribution in [0.5, 0.6) is 0 Å². The largest absolute Gasteiger partial charge is 0.309 e. The molecular formula is C78H46N6S. The molecule has 0 aliphatic heterocycles. The zero-order chi connectivity index (χ0) is 55.4. The van der Waals surface area contributed by atoms with Crippen LogP contribution in [0.1, 0.15) is 0 Å². The van der Waals surface area contributed by atoms with E-state index >= 15 is 0 Å². The topological polar surface area (TPSA) is 45.5 Å². The highest BCUT2D eigenvalue weighted by Crippen LogP contribution is 2.46. The molecule has 0 bridgehead atoms. The molecule has 0 aliphatic carbocycles. The number of hydrogen-bond donors (Lipinski definition) is 0. The second-order valence-electron chi connectivity index (χ2n) is 22.5. The maximum atomic E-state index is 5.45. The van der Waals surface area contributed by atoms with E-state index in [0.717, 1.165) is 56.3 Å². The molecule has 7 heterocycles. The average molecular weight is 1100 g/mol. The van der Waals surface area contributed by atoms with Gasteiger partial charge in [-0.15, -0.1) is 11.3 Å². The molecule has 0 spiro atoms. The number of rotatable bonds is 6. The molecule has 7 aromatic heterocycles. The van der Waals surface area contributed by atoms with Crippen molar-refractivity contribution in [3.8, 4) is 45.4 Å². The first-order valence-corrected chi connectivity index (χ1v) is 29.8. The van der Waals surface area contributed by atoms with E-state index < -0.39 is 0 Å². The number of hydrogen-bond acceptors (Lipinski definition) is 3. The Balaban J connectivity index is 0.745. The lowest BCUT2D eigenvalue weighted by Crippen LogP contribution is -1.99. The molecule has 0 saturated heterocycles. The number of aromatic nitrogens is 6. The minimum absolute atomic E-state index is 0.853. The van der Waals surface area contributed by atoms with Crippen LogP contribution in [-0.4, -0.2) is 28.2 Å². The molecule has 19 rings (SSSR count). The van der Waals surface area contributed by atoms with Crippen LogP contribution in [0.4, 0.5) is 0 Å². The van der Waals surface area contributed by atoms with Crippen LogP contribution in [0.3, 0.4) is 0 Å². The van der Waals surface area contributed by atoms with E-state index in [4.69, 9.17) is 9.97 Å². The van der Waals surface area contributed by atoms with Gasteiger partial charge in [-0.25, -0.2) is 4.98 Å². The summed E-state index contributed by atoms with van der Waals surface area (Å²) in [5, 5.41) is 17.1. The van der Waals surface area contributed by atoms with Crippen molar-refractivity contribution < 1.29 is 0 Å². The number of nitrogens with zero attached hydrogens (tertiary/aromatic N) is 6. The van der Waals surface area contributed by atoms with Crippen LogP contribution in [0.25, 0.3) is 174 Å². The van der Waals surface area contributed by atoms with Gasteiger partial charge in [0.15, 0.2) is 0 Å². The van der Waals surface area contributed by atoms with E-state index in [2.05, 4.69) is 291 Å². The van der Waals surface area contributed by atoms with E-state index in [1.807, 2.05) is 17.5 Å². The zero-order valence-electron chi connectivity index (χ0n) is 45.6. The van der Waals surface area contributed by atoms with Crippen LogP contribution in [0.15, 0.2) is 279 Å². The lowest BCUT2D eigenvalue weighted by atomic mass is 10.0. The van der Waals surface area contributed by atoms with Crippen LogP contribution >= 0.6 is 11.3 Å². The summed E-state index contributed by atoms with van der Waals surface area (Å²) in [6, 6.07) is 99.8. The van der Waals surface area contributed by atoms with Gasteiger partial charge < -0.3 is 13.7 Å². The van der Waals surface area contributed by atoms with Gasteiger partial charge in [0.2, 0.25) is 0 Å². The zero-order valence-corrected chi connectivity index (χ0v) is 46.5. The van der Waals surface area contributed by atoms with Crippen molar-refractivity contribution in [3.05, 3.63) is 279 Å². The highest BCUT2D eigenvalue weighted by Gasteiger charge is 2.23. The van der Waals surface area contributed by atoms with E-state index in [9.17, 15) is 0 Å². The lowest BCUT2D eigenvalue weighted by molar-refractivity contribution is 1.08. The summed E-state index contributed by atoms with van der Waals surface area (Å²) >= 11 is 1.88. The molecule has 19 aromatic rings. The van der Waals surface area contributed by atoms with Gasteiger partial charge in [-0.2, -0.15) is 0 Å². The molecule has 12 aromatic carbocycles. The fourth-order valence-electron chi connectivity index (χ4n) is 14.2. The Labute approximate surface area is 490 Å². The quantitative estimate of drug-likeness (QED) is 0.167. The van der Waals surface area contributed by atoms with E-state index in [1.54, 1.807) is 0 Å². The molecule has 7 heteroatoms. The van der Waals surface area contributed by atoms with E-state index in [1.165, 1.54) is 118 Å². The van der Waals surface area contributed by atoms with Crippen LogP contribution in [0, 0.1) is 0 Å². The van der Waals surface area contributed by atoms with Crippen molar-refractivity contribution in [1.29, 1.82) is 0 Å². The molecule has 0 N–H and O–H groups in total. The van der Waals surface area contributed by atoms with Crippen LogP contribution in [-0.2, 0) is 0 Å². The summed E-state index contributed by atoms with van der Waals surface area (Å²) in [5.41, 5.74) is 16.6.